The second-order valence-corrected chi connectivity index (χ2v) is 10.8. The Balaban J connectivity index is 1.38. The predicted molar refractivity (Wildman–Crippen MR) is 146 cm³/mol. The molecule has 0 unspecified atom stereocenters. The first kappa shape index (κ1) is 25.2. The van der Waals surface area contributed by atoms with Gasteiger partial charge in [-0.3, -0.25) is 0 Å². The average Bonchev–Trinajstić information content (AvgIpc) is 2.92. The Morgan fingerprint density at radius 2 is 1.29 bits per heavy atom. The van der Waals surface area contributed by atoms with Gasteiger partial charge in [-0.25, -0.2) is 0 Å². The molecule has 2 aromatic rings. The van der Waals surface area contributed by atoms with E-state index in [1.54, 1.807) is 0 Å². The molecule has 3 nitrogen and oxygen atoms in total. The molecule has 31 heavy (non-hydrogen) atoms. The Morgan fingerprint density at radius 3 is 1.84 bits per heavy atom. The van der Waals surface area contributed by atoms with Crippen molar-refractivity contribution in [3.8, 4) is 11.5 Å². The molecule has 5 heteroatoms. The number of hydrogen-bond acceptors (Lipinski definition) is 2. The fourth-order valence-corrected chi connectivity index (χ4v) is 6.30. The SMILES string of the molecule is CCCCCCCCCCCCC1COc2c(c(I)n(Cc3ccccc3)c2I)OC1. The second-order valence-electron chi connectivity index (χ2n) is 8.77. The molecule has 0 atom stereocenters. The van der Waals surface area contributed by atoms with Crippen molar-refractivity contribution in [2.24, 2.45) is 5.92 Å². The maximum absolute atomic E-state index is 6.28. The van der Waals surface area contributed by atoms with Crippen molar-refractivity contribution in [1.82, 2.24) is 4.57 Å². The van der Waals surface area contributed by atoms with Crippen LogP contribution in [0.15, 0.2) is 30.3 Å². The molecule has 1 aliphatic heterocycles. The van der Waals surface area contributed by atoms with E-state index in [0.717, 1.165) is 38.7 Å². The first-order chi connectivity index (χ1) is 15.2. The Labute approximate surface area is 215 Å². The summed E-state index contributed by atoms with van der Waals surface area (Å²) in [6, 6.07) is 10.6. The summed E-state index contributed by atoms with van der Waals surface area (Å²) in [5.74, 6) is 2.37. The van der Waals surface area contributed by atoms with Crippen LogP contribution >= 0.6 is 45.2 Å². The predicted octanol–water partition coefficient (Wildman–Crippen LogP) is 8.44. The number of hydrogen-bond donors (Lipinski definition) is 0. The van der Waals surface area contributed by atoms with E-state index in [9.17, 15) is 0 Å². The molecule has 1 aliphatic rings. The molecular formula is C26H37I2NO2. The molecule has 0 aliphatic carbocycles. The van der Waals surface area contributed by atoms with Gasteiger partial charge in [-0.1, -0.05) is 101 Å². The van der Waals surface area contributed by atoms with Gasteiger partial charge in [0, 0.05) is 12.5 Å². The monoisotopic (exact) mass is 649 g/mol. The van der Waals surface area contributed by atoms with Crippen LogP contribution in [0.25, 0.3) is 0 Å². The van der Waals surface area contributed by atoms with Crippen molar-refractivity contribution in [2.75, 3.05) is 13.2 Å². The van der Waals surface area contributed by atoms with E-state index < -0.39 is 0 Å². The van der Waals surface area contributed by atoms with E-state index >= 15 is 0 Å². The zero-order chi connectivity index (χ0) is 21.9. The molecule has 3 rings (SSSR count). The topological polar surface area (TPSA) is 23.4 Å². The van der Waals surface area contributed by atoms with Crippen LogP contribution in [-0.4, -0.2) is 17.8 Å². The van der Waals surface area contributed by atoms with Crippen molar-refractivity contribution >= 4 is 45.2 Å². The van der Waals surface area contributed by atoms with E-state index in [0.29, 0.717) is 5.92 Å². The van der Waals surface area contributed by atoms with Crippen molar-refractivity contribution in [1.29, 1.82) is 0 Å². The Hall–Kier alpha value is -0.440. The lowest BCUT2D eigenvalue weighted by Crippen LogP contribution is -2.18. The van der Waals surface area contributed by atoms with Crippen molar-refractivity contribution in [3.05, 3.63) is 43.3 Å². The van der Waals surface area contributed by atoms with Crippen LogP contribution in [-0.2, 0) is 6.54 Å². The fraction of sp³-hybridized carbons (Fsp3) is 0.615. The van der Waals surface area contributed by atoms with Gasteiger partial charge < -0.3 is 14.0 Å². The summed E-state index contributed by atoms with van der Waals surface area (Å²) >= 11 is 4.81. The van der Waals surface area contributed by atoms with Gasteiger partial charge in [-0.2, -0.15) is 0 Å². The van der Waals surface area contributed by atoms with Crippen LogP contribution in [0, 0.1) is 13.3 Å². The molecule has 0 spiro atoms. The minimum absolute atomic E-state index is 0.496. The van der Waals surface area contributed by atoms with E-state index in [4.69, 9.17) is 9.47 Å². The van der Waals surface area contributed by atoms with Gasteiger partial charge in [0.2, 0.25) is 0 Å². The molecule has 0 radical (unpaired) electrons. The lowest BCUT2D eigenvalue weighted by molar-refractivity contribution is 0.199. The lowest BCUT2D eigenvalue weighted by atomic mass is 10.0. The molecular weight excluding hydrogens is 612 g/mol. The molecule has 1 aromatic heterocycles. The molecule has 0 bridgehead atoms. The van der Waals surface area contributed by atoms with Crippen LogP contribution in [0.3, 0.4) is 0 Å². The van der Waals surface area contributed by atoms with E-state index in [-0.39, 0.29) is 0 Å². The molecule has 2 heterocycles. The number of aromatic nitrogens is 1. The first-order valence-electron chi connectivity index (χ1n) is 12.1. The second kappa shape index (κ2) is 14.0. The molecule has 0 N–H and O–H groups in total. The van der Waals surface area contributed by atoms with Gasteiger partial charge >= 0.3 is 0 Å². The van der Waals surface area contributed by atoms with Gasteiger partial charge in [0.15, 0.2) is 11.5 Å². The molecule has 0 saturated carbocycles. The van der Waals surface area contributed by atoms with E-state index in [1.165, 1.54) is 76.2 Å². The normalized spacial score (nSPS) is 14.0. The van der Waals surface area contributed by atoms with Gasteiger partial charge in [0.05, 0.1) is 13.2 Å². The summed E-state index contributed by atoms with van der Waals surface area (Å²) in [5.41, 5.74) is 1.29. The largest absolute Gasteiger partial charge is 0.487 e. The number of halogens is 2. The van der Waals surface area contributed by atoms with Crippen LogP contribution in [0.1, 0.15) is 83.1 Å². The summed E-state index contributed by atoms with van der Waals surface area (Å²) in [6.07, 6.45) is 15.1. The standard InChI is InChI=1S/C26H37I2NO2/c1-2-3-4-5-6-7-8-9-10-12-17-22-19-30-23-24(31-20-22)26(28)29(25(23)27)18-21-15-13-11-14-16-21/h11,13-16,22H,2-10,12,17-20H2,1H3. The molecule has 0 saturated heterocycles. The number of fused-ring (bicyclic) bond motifs is 1. The van der Waals surface area contributed by atoms with Crippen molar-refractivity contribution in [3.63, 3.8) is 0 Å². The summed E-state index contributed by atoms with van der Waals surface area (Å²) in [6.45, 7) is 4.67. The maximum atomic E-state index is 6.28. The van der Waals surface area contributed by atoms with Crippen LogP contribution in [0.2, 0.25) is 0 Å². The zero-order valence-electron chi connectivity index (χ0n) is 18.9. The number of ether oxygens (including phenoxy) is 2. The Kier molecular flexibility index (Phi) is 11.3. The lowest BCUT2D eigenvalue weighted by Gasteiger charge is -2.14. The highest BCUT2D eigenvalue weighted by molar-refractivity contribution is 14.1. The minimum Gasteiger partial charge on any atom is -0.487 e. The summed E-state index contributed by atoms with van der Waals surface area (Å²) < 4.78 is 17.1. The average molecular weight is 649 g/mol. The Morgan fingerprint density at radius 1 is 0.774 bits per heavy atom. The summed E-state index contributed by atoms with van der Waals surface area (Å²) in [5, 5.41) is 0. The molecule has 0 fully saturated rings. The maximum Gasteiger partial charge on any atom is 0.194 e. The third-order valence-electron chi connectivity index (χ3n) is 6.13. The van der Waals surface area contributed by atoms with Crippen LogP contribution in [0.4, 0.5) is 0 Å². The highest BCUT2D eigenvalue weighted by atomic mass is 127. The van der Waals surface area contributed by atoms with Gasteiger partial charge in [-0.05, 0) is 57.2 Å². The third-order valence-corrected chi connectivity index (χ3v) is 8.28. The molecule has 1 aromatic carbocycles. The van der Waals surface area contributed by atoms with Crippen molar-refractivity contribution < 1.29 is 9.47 Å². The zero-order valence-corrected chi connectivity index (χ0v) is 23.2. The number of benzene rings is 1. The quantitative estimate of drug-likeness (QED) is 0.161. The molecule has 0 amide bonds. The van der Waals surface area contributed by atoms with Crippen LogP contribution in [0.5, 0.6) is 11.5 Å². The van der Waals surface area contributed by atoms with Gasteiger partial charge in [-0.15, -0.1) is 0 Å². The fourth-order valence-electron chi connectivity index (χ4n) is 4.21. The summed E-state index contributed by atoms with van der Waals surface area (Å²) in [4.78, 5) is 0. The number of rotatable bonds is 13. The third kappa shape index (κ3) is 7.83. The van der Waals surface area contributed by atoms with Crippen LogP contribution < -0.4 is 9.47 Å². The highest BCUT2D eigenvalue weighted by Gasteiger charge is 2.27. The molecule has 172 valence electrons. The smallest absolute Gasteiger partial charge is 0.194 e. The first-order valence-corrected chi connectivity index (χ1v) is 14.2. The number of unbranched alkanes of at least 4 members (excludes halogenated alkanes) is 9. The van der Waals surface area contributed by atoms with Gasteiger partial charge in [0.1, 0.15) is 7.40 Å². The summed E-state index contributed by atoms with van der Waals surface area (Å²) in [7, 11) is 0. The minimum atomic E-state index is 0.496. The highest BCUT2D eigenvalue weighted by Crippen LogP contribution is 2.42. The van der Waals surface area contributed by atoms with E-state index in [1.807, 2.05) is 0 Å². The van der Waals surface area contributed by atoms with E-state index in [2.05, 4.69) is 87.0 Å². The van der Waals surface area contributed by atoms with Crippen molar-refractivity contribution in [2.45, 2.75) is 84.1 Å². The number of nitrogens with zero attached hydrogens (tertiary/aromatic N) is 1. The Bertz CT molecular complexity index is 744. The van der Waals surface area contributed by atoms with Gasteiger partial charge in [0.25, 0.3) is 0 Å².